The molecular formula is C24H18N4O4. The molecule has 2 aromatic heterocycles. The van der Waals surface area contributed by atoms with Crippen molar-refractivity contribution in [2.45, 2.75) is 12.1 Å². The third kappa shape index (κ3) is 3.26. The molecule has 1 fully saturated rings. The van der Waals surface area contributed by atoms with Crippen molar-refractivity contribution in [3.8, 4) is 23.5 Å². The van der Waals surface area contributed by atoms with Crippen LogP contribution < -0.4 is 15.4 Å². The number of hydrogen-bond donors (Lipinski definition) is 3. The summed E-state index contributed by atoms with van der Waals surface area (Å²) in [5.41, 5.74) is -0.332. The van der Waals surface area contributed by atoms with Gasteiger partial charge in [-0.1, -0.05) is 30.2 Å². The van der Waals surface area contributed by atoms with Gasteiger partial charge in [0.25, 0.3) is 5.91 Å². The second-order valence-corrected chi connectivity index (χ2v) is 7.49. The predicted molar refractivity (Wildman–Crippen MR) is 118 cm³/mol. The fraction of sp³-hybridized carbons (Fsp3) is 0.125. The SMILES string of the molecule is COc1ccc2cn(C[C@@]3(C#Cc4ccc5ccccc5n4)NC(=O)NC3=O)c(O)c2c1. The number of benzene rings is 2. The largest absolute Gasteiger partial charge is 0.497 e. The molecule has 3 heterocycles. The summed E-state index contributed by atoms with van der Waals surface area (Å²) in [6.45, 7) is -0.0893. The lowest BCUT2D eigenvalue weighted by atomic mass is 10.00. The fourth-order valence-corrected chi connectivity index (χ4v) is 3.77. The molecule has 3 N–H and O–H groups in total. The molecule has 158 valence electrons. The summed E-state index contributed by atoms with van der Waals surface area (Å²) in [6.07, 6.45) is 1.69. The predicted octanol–water partition coefficient (Wildman–Crippen LogP) is 2.53. The van der Waals surface area contributed by atoms with Gasteiger partial charge in [0.15, 0.2) is 5.88 Å². The molecule has 4 aromatic rings. The Kier molecular flexibility index (Phi) is 4.45. The van der Waals surface area contributed by atoms with Gasteiger partial charge in [0.1, 0.15) is 11.4 Å². The number of amides is 3. The zero-order chi connectivity index (χ0) is 22.3. The van der Waals surface area contributed by atoms with Crippen molar-refractivity contribution in [2.24, 2.45) is 0 Å². The standard InChI is InChI=1S/C24H18N4O4/c1-32-18-9-7-16-13-28(21(29)19(16)12-18)14-24(22(30)26-23(31)27-24)11-10-17-8-6-15-4-2-3-5-20(15)25-17/h2-9,12-13,29H,14H2,1H3,(H2,26,27,30,31)/t24-/m1/s1. The molecule has 0 unspecified atom stereocenters. The van der Waals surface area contributed by atoms with Crippen LogP contribution in [-0.2, 0) is 11.3 Å². The summed E-state index contributed by atoms with van der Waals surface area (Å²) in [4.78, 5) is 29.2. The minimum Gasteiger partial charge on any atom is -0.497 e. The summed E-state index contributed by atoms with van der Waals surface area (Å²) in [6, 6.07) is 15.9. The smallest absolute Gasteiger partial charge is 0.323 e. The maximum absolute atomic E-state index is 12.7. The van der Waals surface area contributed by atoms with Crippen LogP contribution >= 0.6 is 0 Å². The van der Waals surface area contributed by atoms with E-state index in [0.717, 1.165) is 16.3 Å². The third-order valence-corrected chi connectivity index (χ3v) is 5.42. The van der Waals surface area contributed by atoms with E-state index >= 15 is 0 Å². The first-order valence-electron chi connectivity index (χ1n) is 9.86. The van der Waals surface area contributed by atoms with Crippen molar-refractivity contribution in [3.05, 3.63) is 66.5 Å². The van der Waals surface area contributed by atoms with Gasteiger partial charge in [-0.3, -0.25) is 10.1 Å². The van der Waals surface area contributed by atoms with Crippen molar-refractivity contribution in [3.63, 3.8) is 0 Å². The Bertz CT molecular complexity index is 1460. The van der Waals surface area contributed by atoms with Crippen LogP contribution in [0.15, 0.2) is 60.8 Å². The number of methoxy groups -OCH3 is 1. The normalized spacial score (nSPS) is 17.7. The van der Waals surface area contributed by atoms with Gasteiger partial charge in [-0.05, 0) is 36.3 Å². The molecule has 8 nitrogen and oxygen atoms in total. The number of ether oxygens (including phenoxy) is 1. The Hall–Kier alpha value is -4.51. The Balaban J connectivity index is 1.56. The van der Waals surface area contributed by atoms with E-state index in [9.17, 15) is 14.7 Å². The molecule has 1 aliphatic rings. The van der Waals surface area contributed by atoms with Crippen molar-refractivity contribution < 1.29 is 19.4 Å². The second kappa shape index (κ2) is 7.32. The van der Waals surface area contributed by atoms with E-state index in [4.69, 9.17) is 4.74 Å². The molecular weight excluding hydrogens is 408 g/mol. The first kappa shape index (κ1) is 19.5. The Morgan fingerprint density at radius 3 is 2.72 bits per heavy atom. The quantitative estimate of drug-likeness (QED) is 0.345. The van der Waals surface area contributed by atoms with E-state index in [1.807, 2.05) is 30.3 Å². The molecule has 5 rings (SSSR count). The molecule has 0 bridgehead atoms. The highest BCUT2D eigenvalue weighted by Crippen LogP contribution is 2.32. The summed E-state index contributed by atoms with van der Waals surface area (Å²) >= 11 is 0. The summed E-state index contributed by atoms with van der Waals surface area (Å²) in [7, 11) is 1.54. The topological polar surface area (TPSA) is 105 Å². The van der Waals surface area contributed by atoms with Gasteiger partial charge in [-0.25, -0.2) is 9.78 Å². The van der Waals surface area contributed by atoms with Gasteiger partial charge < -0.3 is 19.7 Å². The van der Waals surface area contributed by atoms with E-state index in [0.29, 0.717) is 16.8 Å². The number of urea groups is 1. The number of fused-ring (bicyclic) bond motifs is 2. The maximum atomic E-state index is 12.7. The highest BCUT2D eigenvalue weighted by atomic mass is 16.5. The first-order chi connectivity index (χ1) is 15.5. The third-order valence-electron chi connectivity index (χ3n) is 5.42. The zero-order valence-electron chi connectivity index (χ0n) is 17.0. The number of carbonyl (C=O) groups is 2. The number of rotatable bonds is 3. The molecule has 0 saturated carbocycles. The highest BCUT2D eigenvalue weighted by molar-refractivity contribution is 6.09. The number of carbonyl (C=O) groups excluding carboxylic acids is 2. The number of para-hydroxylation sites is 1. The number of nitrogens with zero attached hydrogens (tertiary/aromatic N) is 2. The number of pyridine rings is 1. The van der Waals surface area contributed by atoms with Crippen molar-refractivity contribution in [2.75, 3.05) is 7.11 Å². The fourth-order valence-electron chi connectivity index (χ4n) is 3.77. The average Bonchev–Trinajstić information content (AvgIpc) is 3.26. The molecule has 1 saturated heterocycles. The highest BCUT2D eigenvalue weighted by Gasteiger charge is 2.46. The van der Waals surface area contributed by atoms with Crippen LogP contribution in [0.3, 0.4) is 0 Å². The van der Waals surface area contributed by atoms with Crippen molar-refractivity contribution >= 4 is 33.6 Å². The van der Waals surface area contributed by atoms with Crippen LogP contribution in [0.2, 0.25) is 0 Å². The van der Waals surface area contributed by atoms with Crippen LogP contribution in [0.4, 0.5) is 4.79 Å². The summed E-state index contributed by atoms with van der Waals surface area (Å²) < 4.78 is 6.70. The van der Waals surface area contributed by atoms with Gasteiger partial charge in [0.2, 0.25) is 5.54 Å². The lowest BCUT2D eigenvalue weighted by Gasteiger charge is -2.20. The Morgan fingerprint density at radius 2 is 1.94 bits per heavy atom. The zero-order valence-corrected chi connectivity index (χ0v) is 17.0. The van der Waals surface area contributed by atoms with E-state index in [2.05, 4.69) is 27.5 Å². The van der Waals surface area contributed by atoms with Crippen LogP contribution in [0.25, 0.3) is 21.7 Å². The Labute approximate surface area is 182 Å². The minimum absolute atomic E-state index is 0.0575. The molecule has 0 spiro atoms. The molecule has 3 amide bonds. The van der Waals surface area contributed by atoms with Crippen LogP contribution in [0.5, 0.6) is 11.6 Å². The first-order valence-corrected chi connectivity index (χ1v) is 9.86. The molecule has 1 atom stereocenters. The maximum Gasteiger partial charge on any atom is 0.323 e. The van der Waals surface area contributed by atoms with E-state index in [1.54, 1.807) is 37.6 Å². The number of aromatic hydroxyl groups is 1. The minimum atomic E-state index is -1.57. The molecule has 1 aliphatic heterocycles. The monoisotopic (exact) mass is 426 g/mol. The van der Waals surface area contributed by atoms with Gasteiger partial charge in [-0.2, -0.15) is 0 Å². The molecule has 2 aromatic carbocycles. The van der Waals surface area contributed by atoms with Crippen LogP contribution in [0.1, 0.15) is 5.69 Å². The molecule has 32 heavy (non-hydrogen) atoms. The van der Waals surface area contributed by atoms with E-state index in [-0.39, 0.29) is 12.4 Å². The van der Waals surface area contributed by atoms with Crippen LogP contribution in [0, 0.1) is 11.8 Å². The molecule has 0 aliphatic carbocycles. The number of imide groups is 1. The average molecular weight is 426 g/mol. The second-order valence-electron chi connectivity index (χ2n) is 7.49. The molecule has 0 radical (unpaired) electrons. The molecule has 8 heteroatoms. The number of hydrogen-bond acceptors (Lipinski definition) is 5. The van der Waals surface area contributed by atoms with Gasteiger partial charge in [0.05, 0.1) is 19.2 Å². The summed E-state index contributed by atoms with van der Waals surface area (Å²) in [5.74, 6) is 5.74. The van der Waals surface area contributed by atoms with Crippen molar-refractivity contribution in [1.29, 1.82) is 0 Å². The summed E-state index contributed by atoms with van der Waals surface area (Å²) in [5, 5.41) is 17.9. The van der Waals surface area contributed by atoms with Crippen LogP contribution in [-0.4, -0.2) is 39.2 Å². The van der Waals surface area contributed by atoms with E-state index < -0.39 is 17.5 Å². The Morgan fingerprint density at radius 1 is 1.12 bits per heavy atom. The van der Waals surface area contributed by atoms with Crippen molar-refractivity contribution in [1.82, 2.24) is 20.2 Å². The number of nitrogens with one attached hydrogen (secondary N) is 2. The van der Waals surface area contributed by atoms with Gasteiger partial charge in [-0.15, -0.1) is 0 Å². The lowest BCUT2D eigenvalue weighted by molar-refractivity contribution is -0.122. The lowest BCUT2D eigenvalue weighted by Crippen LogP contribution is -2.49. The van der Waals surface area contributed by atoms with Gasteiger partial charge in [0, 0.05) is 22.4 Å². The van der Waals surface area contributed by atoms with Gasteiger partial charge >= 0.3 is 6.03 Å². The number of aromatic nitrogens is 2. The van der Waals surface area contributed by atoms with E-state index in [1.165, 1.54) is 4.57 Å².